The summed E-state index contributed by atoms with van der Waals surface area (Å²) < 4.78 is 0. The van der Waals surface area contributed by atoms with E-state index in [1.807, 2.05) is 24.3 Å². The summed E-state index contributed by atoms with van der Waals surface area (Å²) in [4.78, 5) is 26.8. The highest BCUT2D eigenvalue weighted by molar-refractivity contribution is 6.34. The maximum Gasteiger partial charge on any atom is 0.270 e. The van der Waals surface area contributed by atoms with Crippen LogP contribution < -0.4 is 4.90 Å². The summed E-state index contributed by atoms with van der Waals surface area (Å²) in [6.45, 7) is 2.14. The molecule has 1 aliphatic rings. The zero-order chi connectivity index (χ0) is 22.0. The number of amides is 1. The van der Waals surface area contributed by atoms with Gasteiger partial charge in [-0.25, -0.2) is 0 Å². The molecule has 1 aliphatic heterocycles. The summed E-state index contributed by atoms with van der Waals surface area (Å²) in [6, 6.07) is 15.1. The van der Waals surface area contributed by atoms with E-state index in [4.69, 9.17) is 23.2 Å². The van der Waals surface area contributed by atoms with Gasteiger partial charge in [0.15, 0.2) is 5.82 Å². The van der Waals surface area contributed by atoms with Gasteiger partial charge in [0, 0.05) is 48.9 Å². The van der Waals surface area contributed by atoms with Gasteiger partial charge in [-0.2, -0.15) is 0 Å². The summed E-state index contributed by atoms with van der Waals surface area (Å²) in [5.41, 5.74) is 1.79. The molecule has 31 heavy (non-hydrogen) atoms. The second-order valence-corrected chi connectivity index (χ2v) is 7.83. The molecule has 0 atom stereocenters. The van der Waals surface area contributed by atoms with Crippen LogP contribution in [0.4, 0.5) is 11.5 Å². The Labute approximate surface area is 188 Å². The zero-order valence-electron chi connectivity index (χ0n) is 16.2. The molecule has 0 radical (unpaired) electrons. The average Bonchev–Trinajstić information content (AvgIpc) is 2.79. The lowest BCUT2D eigenvalue weighted by atomic mass is 10.1. The lowest BCUT2D eigenvalue weighted by Crippen LogP contribution is -2.49. The SMILES string of the molecule is O=C(c1ccc([N+](=O)[O-])cc1Cl)N1CCN(c2ccc(-c3ccc(Cl)cc3)nn2)CC1. The Morgan fingerprint density at radius 2 is 1.65 bits per heavy atom. The topological polar surface area (TPSA) is 92.5 Å². The van der Waals surface area contributed by atoms with Crippen molar-refractivity contribution in [2.45, 2.75) is 0 Å². The predicted molar refractivity (Wildman–Crippen MR) is 119 cm³/mol. The molecular formula is C21H17Cl2N5O3. The predicted octanol–water partition coefficient (Wildman–Crippen LogP) is 4.32. The van der Waals surface area contributed by atoms with Crippen LogP contribution in [0.1, 0.15) is 10.4 Å². The molecule has 2 aromatic carbocycles. The first kappa shape index (κ1) is 21.0. The van der Waals surface area contributed by atoms with Gasteiger partial charge in [0.05, 0.1) is 21.2 Å². The van der Waals surface area contributed by atoms with Gasteiger partial charge >= 0.3 is 0 Å². The highest BCUT2D eigenvalue weighted by Gasteiger charge is 2.25. The third kappa shape index (κ3) is 4.60. The molecule has 1 amide bonds. The number of rotatable bonds is 4. The van der Waals surface area contributed by atoms with E-state index in [0.717, 1.165) is 17.1 Å². The standard InChI is InChI=1S/C21H17Cl2N5O3/c22-15-3-1-14(2-4-15)19-7-8-20(25-24-19)26-9-11-27(12-10-26)21(29)17-6-5-16(28(30)31)13-18(17)23/h1-8,13H,9-12H2. The number of benzene rings is 2. The lowest BCUT2D eigenvalue weighted by molar-refractivity contribution is -0.384. The molecule has 0 saturated carbocycles. The Morgan fingerprint density at radius 1 is 0.935 bits per heavy atom. The van der Waals surface area contributed by atoms with Crippen molar-refractivity contribution in [1.29, 1.82) is 0 Å². The number of carbonyl (C=O) groups is 1. The van der Waals surface area contributed by atoms with E-state index in [2.05, 4.69) is 15.1 Å². The van der Waals surface area contributed by atoms with Crippen molar-refractivity contribution >= 4 is 40.6 Å². The van der Waals surface area contributed by atoms with Crippen LogP contribution in [0, 0.1) is 10.1 Å². The van der Waals surface area contributed by atoms with Crippen LogP contribution >= 0.6 is 23.2 Å². The third-order valence-corrected chi connectivity index (χ3v) is 5.64. The fraction of sp³-hybridized carbons (Fsp3) is 0.190. The molecule has 0 bridgehead atoms. The third-order valence-electron chi connectivity index (χ3n) is 5.08. The van der Waals surface area contributed by atoms with Crippen molar-refractivity contribution in [3.8, 4) is 11.3 Å². The number of hydrogen-bond donors (Lipinski definition) is 0. The van der Waals surface area contributed by atoms with Crippen molar-refractivity contribution in [3.63, 3.8) is 0 Å². The minimum absolute atomic E-state index is 0.0743. The van der Waals surface area contributed by atoms with E-state index >= 15 is 0 Å². The average molecular weight is 458 g/mol. The Hall–Kier alpha value is -3.23. The molecule has 8 nitrogen and oxygen atoms in total. The van der Waals surface area contributed by atoms with Gasteiger partial charge in [-0.15, -0.1) is 10.2 Å². The number of hydrogen-bond acceptors (Lipinski definition) is 6. The van der Waals surface area contributed by atoms with Crippen molar-refractivity contribution in [2.75, 3.05) is 31.1 Å². The molecule has 158 valence electrons. The van der Waals surface area contributed by atoms with Crippen LogP contribution in [-0.4, -0.2) is 52.1 Å². The fourth-order valence-electron chi connectivity index (χ4n) is 3.37. The van der Waals surface area contributed by atoms with Crippen LogP contribution in [0.15, 0.2) is 54.6 Å². The fourth-order valence-corrected chi connectivity index (χ4v) is 3.75. The first-order valence-corrected chi connectivity index (χ1v) is 10.3. The van der Waals surface area contributed by atoms with Crippen LogP contribution in [-0.2, 0) is 0 Å². The van der Waals surface area contributed by atoms with Gasteiger partial charge in [-0.1, -0.05) is 35.3 Å². The highest BCUT2D eigenvalue weighted by Crippen LogP contribution is 2.25. The van der Waals surface area contributed by atoms with E-state index in [9.17, 15) is 14.9 Å². The maximum atomic E-state index is 12.8. The van der Waals surface area contributed by atoms with Gasteiger partial charge in [0.1, 0.15) is 0 Å². The molecule has 3 aromatic rings. The Bertz CT molecular complexity index is 1110. The number of carbonyl (C=O) groups excluding carboxylic acids is 1. The molecular weight excluding hydrogens is 441 g/mol. The van der Waals surface area contributed by atoms with E-state index in [1.165, 1.54) is 18.2 Å². The normalized spacial score (nSPS) is 13.9. The largest absolute Gasteiger partial charge is 0.352 e. The summed E-state index contributed by atoms with van der Waals surface area (Å²) in [6.07, 6.45) is 0. The number of aromatic nitrogens is 2. The number of nitrogens with zero attached hydrogens (tertiary/aromatic N) is 5. The van der Waals surface area contributed by atoms with Gasteiger partial charge in [-0.05, 0) is 30.3 Å². The summed E-state index contributed by atoms with van der Waals surface area (Å²) in [7, 11) is 0. The quantitative estimate of drug-likeness (QED) is 0.427. The van der Waals surface area contributed by atoms with Gasteiger partial charge in [0.2, 0.25) is 0 Å². The summed E-state index contributed by atoms with van der Waals surface area (Å²) >= 11 is 12.0. The minimum Gasteiger partial charge on any atom is -0.352 e. The van der Waals surface area contributed by atoms with Crippen molar-refractivity contribution in [2.24, 2.45) is 0 Å². The number of nitro groups is 1. The smallest absolute Gasteiger partial charge is 0.270 e. The second kappa shape index (κ2) is 8.87. The van der Waals surface area contributed by atoms with E-state index in [1.54, 1.807) is 17.0 Å². The van der Waals surface area contributed by atoms with Crippen molar-refractivity contribution < 1.29 is 9.72 Å². The molecule has 0 aliphatic carbocycles. The molecule has 2 heterocycles. The molecule has 0 N–H and O–H groups in total. The monoisotopic (exact) mass is 457 g/mol. The molecule has 0 spiro atoms. The van der Waals surface area contributed by atoms with E-state index < -0.39 is 4.92 Å². The number of anilines is 1. The van der Waals surface area contributed by atoms with Gasteiger partial charge in [-0.3, -0.25) is 14.9 Å². The number of non-ortho nitro benzene ring substituents is 1. The van der Waals surface area contributed by atoms with E-state index in [0.29, 0.717) is 31.2 Å². The van der Waals surface area contributed by atoms with E-state index in [-0.39, 0.29) is 22.2 Å². The Kier molecular flexibility index (Phi) is 6.01. The van der Waals surface area contributed by atoms with Crippen LogP contribution in [0.5, 0.6) is 0 Å². The van der Waals surface area contributed by atoms with Gasteiger partial charge < -0.3 is 9.80 Å². The molecule has 4 rings (SSSR count). The van der Waals surface area contributed by atoms with Crippen LogP contribution in [0.3, 0.4) is 0 Å². The Balaban J connectivity index is 1.40. The maximum absolute atomic E-state index is 12.8. The summed E-state index contributed by atoms with van der Waals surface area (Å²) in [5.74, 6) is 0.488. The van der Waals surface area contributed by atoms with Gasteiger partial charge in [0.25, 0.3) is 11.6 Å². The lowest BCUT2D eigenvalue weighted by Gasteiger charge is -2.35. The number of piperazine rings is 1. The first-order chi connectivity index (χ1) is 14.9. The number of halogens is 2. The summed E-state index contributed by atoms with van der Waals surface area (Å²) in [5, 5.41) is 20.2. The zero-order valence-corrected chi connectivity index (χ0v) is 17.8. The van der Waals surface area contributed by atoms with Crippen LogP contribution in [0.25, 0.3) is 11.3 Å². The second-order valence-electron chi connectivity index (χ2n) is 6.98. The molecule has 10 heteroatoms. The van der Waals surface area contributed by atoms with Crippen molar-refractivity contribution in [1.82, 2.24) is 15.1 Å². The minimum atomic E-state index is -0.543. The molecule has 1 aromatic heterocycles. The molecule has 0 unspecified atom stereocenters. The molecule has 1 fully saturated rings. The Morgan fingerprint density at radius 3 is 2.23 bits per heavy atom. The number of nitro benzene ring substituents is 1. The molecule has 1 saturated heterocycles. The van der Waals surface area contributed by atoms with Crippen LogP contribution in [0.2, 0.25) is 10.0 Å². The highest BCUT2D eigenvalue weighted by atomic mass is 35.5. The first-order valence-electron chi connectivity index (χ1n) is 9.50. The van der Waals surface area contributed by atoms with Crippen molar-refractivity contribution in [3.05, 3.63) is 80.3 Å².